The molecular weight excluding hydrogens is 382 g/mol. The number of fused-ring (bicyclic) bond motifs is 1. The molecule has 0 radical (unpaired) electrons. The lowest BCUT2D eigenvalue weighted by molar-refractivity contribution is -0.124. The molecule has 1 aromatic rings. The first kappa shape index (κ1) is 21.7. The molecule has 160 valence electrons. The highest BCUT2D eigenvalue weighted by atomic mass is 16.2. The zero-order valence-corrected chi connectivity index (χ0v) is 17.6. The number of anilines is 1. The molecule has 3 amide bonds. The molecule has 1 aromatic carbocycles. The minimum Gasteiger partial charge on any atom is -0.371 e. The van der Waals surface area contributed by atoms with Crippen molar-refractivity contribution in [1.29, 1.82) is 0 Å². The van der Waals surface area contributed by atoms with Gasteiger partial charge in [-0.05, 0) is 43.7 Å². The van der Waals surface area contributed by atoms with Crippen molar-refractivity contribution in [1.82, 2.24) is 10.2 Å². The van der Waals surface area contributed by atoms with E-state index in [9.17, 15) is 19.2 Å². The van der Waals surface area contributed by atoms with E-state index in [2.05, 4.69) is 16.8 Å². The number of hydrogen-bond donors (Lipinski definition) is 1. The van der Waals surface area contributed by atoms with Crippen LogP contribution in [0.3, 0.4) is 0 Å². The number of nitrogens with one attached hydrogen (secondary N) is 1. The van der Waals surface area contributed by atoms with Gasteiger partial charge in [0.2, 0.25) is 5.91 Å². The largest absolute Gasteiger partial charge is 0.371 e. The van der Waals surface area contributed by atoms with Gasteiger partial charge >= 0.3 is 0 Å². The number of Topliss-reactive ketones (excluding diaryl/α,β-unsaturated/α-hetero) is 1. The highest BCUT2D eigenvalue weighted by molar-refractivity contribution is 6.23. The van der Waals surface area contributed by atoms with E-state index < -0.39 is 23.8 Å². The molecule has 2 heterocycles. The summed E-state index contributed by atoms with van der Waals surface area (Å²) in [6.45, 7) is 8.75. The minimum absolute atomic E-state index is 0.109. The molecule has 3 rings (SSSR count). The van der Waals surface area contributed by atoms with E-state index in [4.69, 9.17) is 0 Å². The Bertz CT molecular complexity index is 871. The summed E-state index contributed by atoms with van der Waals surface area (Å²) < 4.78 is 0. The molecule has 2 aliphatic rings. The molecule has 1 unspecified atom stereocenters. The van der Waals surface area contributed by atoms with Gasteiger partial charge in [0.15, 0.2) is 0 Å². The van der Waals surface area contributed by atoms with E-state index in [1.807, 2.05) is 19.9 Å². The van der Waals surface area contributed by atoms with Gasteiger partial charge in [0.05, 0.1) is 11.1 Å². The van der Waals surface area contributed by atoms with Crippen LogP contribution >= 0.6 is 0 Å². The minimum atomic E-state index is -0.861. The van der Waals surface area contributed by atoms with Crippen molar-refractivity contribution in [2.24, 2.45) is 5.92 Å². The van der Waals surface area contributed by atoms with E-state index >= 15 is 0 Å². The zero-order chi connectivity index (χ0) is 21.8. The van der Waals surface area contributed by atoms with Gasteiger partial charge in [0.25, 0.3) is 11.8 Å². The van der Waals surface area contributed by atoms with E-state index in [1.54, 1.807) is 12.1 Å². The van der Waals surface area contributed by atoms with Crippen molar-refractivity contribution >= 4 is 29.2 Å². The first-order valence-electron chi connectivity index (χ1n) is 10.6. The normalized spacial score (nSPS) is 17.7. The number of benzene rings is 1. The molecule has 0 saturated carbocycles. The Morgan fingerprint density at radius 3 is 2.43 bits per heavy atom. The number of ketones is 1. The van der Waals surface area contributed by atoms with E-state index in [1.165, 1.54) is 6.20 Å². The number of rotatable bonds is 8. The van der Waals surface area contributed by atoms with Gasteiger partial charge in [-0.3, -0.25) is 24.1 Å². The number of amides is 3. The Balaban J connectivity index is 1.81. The van der Waals surface area contributed by atoms with Crippen molar-refractivity contribution in [2.75, 3.05) is 18.0 Å². The van der Waals surface area contributed by atoms with Gasteiger partial charge < -0.3 is 10.2 Å². The number of carbonyl (C=O) groups excluding carboxylic acids is 4. The second-order valence-corrected chi connectivity index (χ2v) is 7.81. The molecule has 1 fully saturated rings. The van der Waals surface area contributed by atoms with Gasteiger partial charge in [0, 0.05) is 31.1 Å². The molecule has 0 bridgehead atoms. The van der Waals surface area contributed by atoms with Gasteiger partial charge in [0.1, 0.15) is 11.8 Å². The van der Waals surface area contributed by atoms with Crippen LogP contribution < -0.4 is 10.2 Å². The average Bonchev–Trinajstić information content (AvgIpc) is 3.01. The summed E-state index contributed by atoms with van der Waals surface area (Å²) >= 11 is 0. The first-order chi connectivity index (χ1) is 14.4. The fourth-order valence-electron chi connectivity index (χ4n) is 4.32. The monoisotopic (exact) mass is 411 g/mol. The van der Waals surface area contributed by atoms with Crippen molar-refractivity contribution in [3.63, 3.8) is 0 Å². The third-order valence-electron chi connectivity index (χ3n) is 5.99. The quantitative estimate of drug-likeness (QED) is 0.665. The molecule has 0 aromatic heterocycles. The predicted molar refractivity (Wildman–Crippen MR) is 114 cm³/mol. The smallest absolute Gasteiger partial charge is 0.262 e. The fourth-order valence-corrected chi connectivity index (χ4v) is 4.32. The Labute approximate surface area is 177 Å². The molecule has 1 saturated heterocycles. The first-order valence-corrected chi connectivity index (χ1v) is 10.6. The summed E-state index contributed by atoms with van der Waals surface area (Å²) in [5.41, 5.74) is 1.52. The Morgan fingerprint density at radius 1 is 1.17 bits per heavy atom. The summed E-state index contributed by atoms with van der Waals surface area (Å²) in [7, 11) is 0. The van der Waals surface area contributed by atoms with Crippen LogP contribution in [0.5, 0.6) is 0 Å². The third kappa shape index (κ3) is 4.01. The van der Waals surface area contributed by atoms with Gasteiger partial charge in [-0.15, -0.1) is 0 Å². The van der Waals surface area contributed by atoms with Crippen LogP contribution in [-0.2, 0) is 9.59 Å². The van der Waals surface area contributed by atoms with Crippen LogP contribution in [0.25, 0.3) is 0 Å². The van der Waals surface area contributed by atoms with Crippen molar-refractivity contribution < 1.29 is 19.2 Å². The number of carbonyl (C=O) groups is 4. The van der Waals surface area contributed by atoms with Crippen molar-refractivity contribution in [3.05, 3.63) is 42.1 Å². The molecule has 0 aliphatic carbocycles. The lowest BCUT2D eigenvalue weighted by atomic mass is 9.91. The van der Waals surface area contributed by atoms with E-state index in [0.717, 1.165) is 36.5 Å². The SMILES string of the molecule is C=CNC(=O)C(CCC)N1C(=O)c2ccc(N3CCC(C(=O)CC)CC3)cc2C1=O. The summed E-state index contributed by atoms with van der Waals surface area (Å²) in [6, 6.07) is 4.39. The molecule has 0 spiro atoms. The molecular formula is C23H29N3O4. The Kier molecular flexibility index (Phi) is 6.70. The number of hydrogen-bond acceptors (Lipinski definition) is 5. The van der Waals surface area contributed by atoms with Crippen LogP contribution in [0.2, 0.25) is 0 Å². The molecule has 7 nitrogen and oxygen atoms in total. The van der Waals surface area contributed by atoms with Crippen molar-refractivity contribution in [2.45, 2.75) is 52.0 Å². The molecule has 1 N–H and O–H groups in total. The lowest BCUT2D eigenvalue weighted by Crippen LogP contribution is -2.48. The van der Waals surface area contributed by atoms with Gasteiger partial charge in [-0.1, -0.05) is 26.8 Å². The maximum absolute atomic E-state index is 13.1. The highest BCUT2D eigenvalue weighted by Crippen LogP contribution is 2.32. The second-order valence-electron chi connectivity index (χ2n) is 7.81. The van der Waals surface area contributed by atoms with E-state index in [0.29, 0.717) is 36.2 Å². The fraction of sp³-hybridized carbons (Fsp3) is 0.478. The van der Waals surface area contributed by atoms with Crippen LogP contribution in [0, 0.1) is 5.92 Å². The standard InChI is InChI=1S/C23H29N3O4/c1-4-7-19(21(28)24-6-3)26-22(29)17-9-8-16(14-18(17)23(26)30)25-12-10-15(11-13-25)20(27)5-2/h6,8-9,14-15,19H,3-5,7,10-13H2,1-2H3,(H,24,28). The van der Waals surface area contributed by atoms with Crippen LogP contribution in [-0.4, -0.2) is 47.5 Å². The van der Waals surface area contributed by atoms with E-state index in [-0.39, 0.29) is 5.92 Å². The highest BCUT2D eigenvalue weighted by Gasteiger charge is 2.42. The van der Waals surface area contributed by atoms with Gasteiger partial charge in [-0.2, -0.15) is 0 Å². The lowest BCUT2D eigenvalue weighted by Gasteiger charge is -2.33. The summed E-state index contributed by atoms with van der Waals surface area (Å²) in [4.78, 5) is 53.6. The summed E-state index contributed by atoms with van der Waals surface area (Å²) in [5, 5.41) is 2.50. The number of nitrogens with zero attached hydrogens (tertiary/aromatic N) is 2. The van der Waals surface area contributed by atoms with Crippen LogP contribution in [0.4, 0.5) is 5.69 Å². The number of piperidine rings is 1. The van der Waals surface area contributed by atoms with Crippen molar-refractivity contribution in [3.8, 4) is 0 Å². The maximum Gasteiger partial charge on any atom is 0.262 e. The Morgan fingerprint density at radius 2 is 1.83 bits per heavy atom. The molecule has 7 heteroatoms. The van der Waals surface area contributed by atoms with Crippen LogP contribution in [0.15, 0.2) is 31.0 Å². The molecule has 30 heavy (non-hydrogen) atoms. The topological polar surface area (TPSA) is 86.8 Å². The summed E-state index contributed by atoms with van der Waals surface area (Å²) in [6.07, 6.45) is 4.45. The number of imide groups is 1. The molecule has 1 atom stereocenters. The average molecular weight is 412 g/mol. The van der Waals surface area contributed by atoms with Gasteiger partial charge in [-0.25, -0.2) is 0 Å². The zero-order valence-electron chi connectivity index (χ0n) is 17.6. The molecule has 2 aliphatic heterocycles. The maximum atomic E-state index is 13.1. The van der Waals surface area contributed by atoms with Crippen LogP contribution in [0.1, 0.15) is 66.7 Å². The predicted octanol–water partition coefficient (Wildman–Crippen LogP) is 2.91. The second kappa shape index (κ2) is 9.24. The summed E-state index contributed by atoms with van der Waals surface area (Å²) in [5.74, 6) is -0.876. The third-order valence-corrected chi connectivity index (χ3v) is 5.99. The Hall–Kier alpha value is -2.96.